The maximum Gasteiger partial charge on any atom is 0.407 e. The molecule has 3 heterocycles. The Hall–Kier alpha value is -4.24. The second kappa shape index (κ2) is 14.1. The minimum absolute atomic E-state index is 0.0635. The topological polar surface area (TPSA) is 182 Å². The van der Waals surface area contributed by atoms with E-state index in [4.69, 9.17) is 14.2 Å². The normalized spacial score (nSPS) is 28.9. The van der Waals surface area contributed by atoms with Gasteiger partial charge in [-0.05, 0) is 73.4 Å². The van der Waals surface area contributed by atoms with Gasteiger partial charge < -0.3 is 24.8 Å². The van der Waals surface area contributed by atoms with Crippen LogP contribution in [0.3, 0.4) is 0 Å². The molecule has 0 radical (unpaired) electrons. The number of nitrogens with zero attached hydrogens (tertiary/aromatic N) is 2. The molecule has 276 valence electrons. The summed E-state index contributed by atoms with van der Waals surface area (Å²) in [7, 11) is -2.52. The van der Waals surface area contributed by atoms with Crippen molar-refractivity contribution in [3.8, 4) is 5.88 Å². The third kappa shape index (κ3) is 7.55. The molecule has 2 aliphatic heterocycles. The van der Waals surface area contributed by atoms with Gasteiger partial charge in [0.15, 0.2) is 6.23 Å². The zero-order chi connectivity index (χ0) is 36.7. The fraction of sp³-hybridized carbons (Fsp3) is 0.583. The van der Waals surface area contributed by atoms with Crippen molar-refractivity contribution in [1.82, 2.24) is 25.2 Å². The molecule has 14 nitrogen and oxygen atoms in total. The van der Waals surface area contributed by atoms with Gasteiger partial charge in [-0.1, -0.05) is 39.0 Å². The van der Waals surface area contributed by atoms with Crippen LogP contribution in [0.5, 0.6) is 5.88 Å². The van der Waals surface area contributed by atoms with Crippen molar-refractivity contribution >= 4 is 44.6 Å². The second-order valence-corrected chi connectivity index (χ2v) is 17.0. The van der Waals surface area contributed by atoms with Crippen molar-refractivity contribution < 1.29 is 41.8 Å². The molecule has 6 atom stereocenters. The lowest BCUT2D eigenvalue weighted by atomic mass is 9.85. The number of alkyl carbamates (subject to hydrolysis) is 1. The van der Waals surface area contributed by atoms with Crippen LogP contribution in [0.15, 0.2) is 43.1 Å². The Balaban J connectivity index is 1.38. The van der Waals surface area contributed by atoms with Crippen LogP contribution in [0.25, 0.3) is 10.8 Å². The van der Waals surface area contributed by atoms with Crippen LogP contribution in [0.4, 0.5) is 4.79 Å². The largest absolute Gasteiger partial charge is 0.469 e. The number of hydrogen-bond donors (Lipinski definition) is 3. The maximum atomic E-state index is 14.7. The Labute approximate surface area is 298 Å². The number of aryl methyl sites for hydroxylation is 1. The molecule has 0 spiro atoms. The van der Waals surface area contributed by atoms with Gasteiger partial charge in [0.1, 0.15) is 23.7 Å². The minimum atomic E-state index is -3.91. The standard InChI is InChI=1S/C36H47N5O9S/c1-6-23-20-36(23,33(44)40-51(46,47)24-13-14-24)39-29(42)26-19-27-32(48-5)41(26)31(43)28(35(2,3)4)38-34(45)49-17-9-7-8-10-21-11-12-22-15-16-37-30(50-27)25(22)18-21/h6,11-12,15-16,18,23-24,26-28,32H,1,7-10,13-14,17,19-20H2,2-5H3,(H,38,45)(H,39,42)(H,40,44)/t23-,26+,27-,28-,32?,36-/m1/s1. The summed E-state index contributed by atoms with van der Waals surface area (Å²) < 4.78 is 45.5. The molecule has 4 aliphatic rings. The van der Waals surface area contributed by atoms with Gasteiger partial charge in [0, 0.05) is 31.0 Å². The molecule has 1 saturated heterocycles. The number of rotatable bonds is 7. The van der Waals surface area contributed by atoms with Gasteiger partial charge in [-0.25, -0.2) is 18.2 Å². The molecule has 2 aromatic rings. The number of methoxy groups -OCH3 is 1. The number of carbonyl (C=O) groups is 4. The molecule has 2 aliphatic carbocycles. The van der Waals surface area contributed by atoms with E-state index in [0.717, 1.165) is 35.6 Å². The van der Waals surface area contributed by atoms with Crippen molar-refractivity contribution in [2.45, 2.75) is 107 Å². The van der Waals surface area contributed by atoms with Gasteiger partial charge in [0.25, 0.3) is 5.91 Å². The quantitative estimate of drug-likeness (QED) is 0.359. The summed E-state index contributed by atoms with van der Waals surface area (Å²) in [4.78, 5) is 61.4. The van der Waals surface area contributed by atoms with Crippen LogP contribution >= 0.6 is 0 Å². The van der Waals surface area contributed by atoms with Crippen LogP contribution in [-0.2, 0) is 40.3 Å². The van der Waals surface area contributed by atoms with Crippen LogP contribution in [0.2, 0.25) is 0 Å². The Bertz CT molecular complexity index is 1820. The molecule has 6 rings (SSSR count). The van der Waals surface area contributed by atoms with Gasteiger partial charge in [0.05, 0.1) is 11.9 Å². The van der Waals surface area contributed by atoms with E-state index in [-0.39, 0.29) is 19.4 Å². The minimum Gasteiger partial charge on any atom is -0.469 e. The third-order valence-electron chi connectivity index (χ3n) is 10.2. The molecule has 1 unspecified atom stereocenters. The predicted octanol–water partition coefficient (Wildman–Crippen LogP) is 3.09. The zero-order valence-electron chi connectivity index (χ0n) is 29.5. The van der Waals surface area contributed by atoms with Crippen molar-refractivity contribution in [2.75, 3.05) is 13.7 Å². The van der Waals surface area contributed by atoms with Crippen LogP contribution < -0.4 is 20.1 Å². The molecule has 4 amide bonds. The molecule has 3 fully saturated rings. The number of sulfonamides is 1. The summed E-state index contributed by atoms with van der Waals surface area (Å²) in [5.74, 6) is -2.43. The highest BCUT2D eigenvalue weighted by molar-refractivity contribution is 7.91. The lowest BCUT2D eigenvalue weighted by Gasteiger charge is -2.37. The third-order valence-corrected chi connectivity index (χ3v) is 12.0. The fourth-order valence-electron chi connectivity index (χ4n) is 7.02. The Morgan fingerprint density at radius 2 is 1.92 bits per heavy atom. The molecular weight excluding hydrogens is 678 g/mol. The number of fused-ring (bicyclic) bond motifs is 3. The number of cyclic esters (lactones) is 1. The first-order valence-corrected chi connectivity index (χ1v) is 19.1. The predicted molar refractivity (Wildman–Crippen MR) is 187 cm³/mol. The van der Waals surface area contributed by atoms with Crippen LogP contribution in [-0.4, -0.2) is 91.0 Å². The molecule has 4 bridgehead atoms. The van der Waals surface area contributed by atoms with Gasteiger partial charge in [-0.15, -0.1) is 6.58 Å². The van der Waals surface area contributed by atoms with E-state index in [0.29, 0.717) is 25.1 Å². The molecule has 51 heavy (non-hydrogen) atoms. The maximum absolute atomic E-state index is 14.7. The molecule has 3 N–H and O–H groups in total. The average molecular weight is 726 g/mol. The molecule has 1 aromatic carbocycles. The summed E-state index contributed by atoms with van der Waals surface area (Å²) >= 11 is 0. The van der Waals surface area contributed by atoms with E-state index in [1.54, 1.807) is 27.0 Å². The summed E-state index contributed by atoms with van der Waals surface area (Å²) in [5.41, 5.74) is -1.35. The smallest absolute Gasteiger partial charge is 0.407 e. The lowest BCUT2D eigenvalue weighted by Crippen LogP contribution is -2.62. The number of benzene rings is 1. The monoisotopic (exact) mass is 725 g/mol. The van der Waals surface area contributed by atoms with E-state index in [9.17, 15) is 27.6 Å². The number of aromatic nitrogens is 1. The highest BCUT2D eigenvalue weighted by atomic mass is 32.2. The highest BCUT2D eigenvalue weighted by Crippen LogP contribution is 2.46. The molecular formula is C36H47N5O9S. The second-order valence-electron chi connectivity index (χ2n) is 15.0. The van der Waals surface area contributed by atoms with E-state index in [2.05, 4.69) is 26.9 Å². The fourth-order valence-corrected chi connectivity index (χ4v) is 8.39. The number of carbonyl (C=O) groups excluding carboxylic acids is 4. The van der Waals surface area contributed by atoms with Crippen molar-refractivity contribution in [2.24, 2.45) is 11.3 Å². The van der Waals surface area contributed by atoms with Gasteiger partial charge in [0.2, 0.25) is 27.7 Å². The number of pyridine rings is 1. The van der Waals surface area contributed by atoms with E-state index < -0.39 is 80.4 Å². The van der Waals surface area contributed by atoms with Crippen molar-refractivity contribution in [3.63, 3.8) is 0 Å². The van der Waals surface area contributed by atoms with E-state index >= 15 is 0 Å². The van der Waals surface area contributed by atoms with Gasteiger partial charge in [-0.2, -0.15) is 0 Å². The van der Waals surface area contributed by atoms with Gasteiger partial charge >= 0.3 is 6.09 Å². The Morgan fingerprint density at radius 3 is 2.59 bits per heavy atom. The first-order valence-electron chi connectivity index (χ1n) is 17.5. The molecule has 2 saturated carbocycles. The van der Waals surface area contributed by atoms with Crippen LogP contribution in [0.1, 0.15) is 71.3 Å². The highest BCUT2D eigenvalue weighted by Gasteiger charge is 2.62. The molecule has 1 aromatic heterocycles. The van der Waals surface area contributed by atoms with E-state index in [1.807, 2.05) is 24.3 Å². The first-order chi connectivity index (χ1) is 24.2. The van der Waals surface area contributed by atoms with Gasteiger partial charge in [-0.3, -0.25) is 24.0 Å². The zero-order valence-corrected chi connectivity index (χ0v) is 30.3. The van der Waals surface area contributed by atoms with Crippen LogP contribution in [0, 0.1) is 11.3 Å². The van der Waals surface area contributed by atoms with E-state index in [1.165, 1.54) is 18.1 Å². The van der Waals surface area contributed by atoms with Crippen molar-refractivity contribution in [1.29, 1.82) is 0 Å². The first kappa shape index (κ1) is 36.5. The number of nitrogens with one attached hydrogen (secondary N) is 3. The molecule has 15 heteroatoms. The number of amides is 4. The summed E-state index contributed by atoms with van der Waals surface area (Å²) in [6, 6.07) is 5.53. The summed E-state index contributed by atoms with van der Waals surface area (Å²) in [6.07, 6.45) is 4.41. The number of hydrogen-bond acceptors (Lipinski definition) is 10. The summed E-state index contributed by atoms with van der Waals surface area (Å²) in [6.45, 7) is 9.27. The lowest BCUT2D eigenvalue weighted by molar-refractivity contribution is -0.156. The SMILES string of the molecule is C=C[C@@H]1C[C@]1(NC(=O)[C@@H]1C[C@H]2Oc3nccc4ccc(cc34)CCCCCOC(=O)N[C@@H](C(C)(C)C)C(=O)N1C2OC)C(=O)NS(=O)(=O)C1CC1. The van der Waals surface area contributed by atoms with Crippen molar-refractivity contribution in [3.05, 3.63) is 48.7 Å². The Morgan fingerprint density at radius 1 is 1.16 bits per heavy atom. The Kier molecular flexibility index (Phi) is 10.1. The summed E-state index contributed by atoms with van der Waals surface area (Å²) in [5, 5.41) is 6.52. The number of ether oxygens (including phenoxy) is 3. The average Bonchev–Trinajstić information content (AvgIpc) is 4.01.